The summed E-state index contributed by atoms with van der Waals surface area (Å²) in [6.45, 7) is 16.4. The van der Waals surface area contributed by atoms with E-state index in [-0.39, 0.29) is 58.0 Å². The number of allylic oxidation sites excluding steroid dienone is 2. The summed E-state index contributed by atoms with van der Waals surface area (Å²) in [5, 5.41) is 23.3. The molecule has 2 amide bonds. The minimum absolute atomic E-state index is 0.0356. The summed E-state index contributed by atoms with van der Waals surface area (Å²) in [5.41, 5.74) is 1.88. The highest BCUT2D eigenvalue weighted by atomic mass is 16.5. The molecule has 230 valence electrons. The molecular formula is C34H54N2O5. The molecule has 0 aromatic carbocycles. The van der Waals surface area contributed by atoms with Crippen LogP contribution in [0.25, 0.3) is 0 Å². The summed E-state index contributed by atoms with van der Waals surface area (Å²) in [6, 6.07) is 0. The first-order chi connectivity index (χ1) is 19.1. The van der Waals surface area contributed by atoms with Gasteiger partial charge in [-0.15, -0.1) is 0 Å². The maximum atomic E-state index is 14.5. The number of nitrogens with one attached hydrogen (secondary N) is 2. The molecular weight excluding hydrogens is 516 g/mol. The molecule has 0 aromatic heterocycles. The topological polar surface area (TPSA) is 116 Å². The molecule has 5 aliphatic rings. The zero-order chi connectivity index (χ0) is 30.2. The van der Waals surface area contributed by atoms with Crippen molar-refractivity contribution in [2.24, 2.45) is 51.2 Å². The number of carbonyl (C=O) groups excluding carboxylic acids is 3. The Morgan fingerprint density at radius 1 is 0.927 bits per heavy atom. The second-order valence-corrected chi connectivity index (χ2v) is 16.1. The molecule has 5 rings (SSSR count). The van der Waals surface area contributed by atoms with Crippen LogP contribution in [0.15, 0.2) is 11.6 Å². The average molecular weight is 571 g/mol. The van der Waals surface area contributed by atoms with Crippen molar-refractivity contribution in [1.82, 2.24) is 10.8 Å². The van der Waals surface area contributed by atoms with Crippen LogP contribution in [0.3, 0.4) is 0 Å². The molecule has 0 saturated heterocycles. The van der Waals surface area contributed by atoms with E-state index < -0.39 is 17.6 Å². The molecule has 0 unspecified atom stereocenters. The monoisotopic (exact) mass is 570 g/mol. The third-order valence-corrected chi connectivity index (χ3v) is 14.1. The van der Waals surface area contributed by atoms with E-state index in [2.05, 4.69) is 52.9 Å². The van der Waals surface area contributed by atoms with E-state index in [1.165, 1.54) is 24.8 Å². The first-order valence-corrected chi connectivity index (χ1v) is 16.3. The zero-order valence-corrected chi connectivity index (χ0v) is 26.4. The van der Waals surface area contributed by atoms with Gasteiger partial charge in [0.1, 0.15) is 0 Å². The lowest BCUT2D eigenvalue weighted by atomic mass is 9.33. The highest BCUT2D eigenvalue weighted by molar-refractivity contribution is 5.95. The number of amides is 2. The van der Waals surface area contributed by atoms with Crippen LogP contribution in [0.4, 0.5) is 0 Å². The Balaban J connectivity index is 1.48. The van der Waals surface area contributed by atoms with Crippen LogP contribution >= 0.6 is 0 Å². The lowest BCUT2D eigenvalue weighted by molar-refractivity contribution is -0.194. The van der Waals surface area contributed by atoms with Gasteiger partial charge in [-0.25, -0.2) is 5.48 Å². The van der Waals surface area contributed by atoms with E-state index in [1.807, 2.05) is 6.92 Å². The van der Waals surface area contributed by atoms with Gasteiger partial charge in [0.15, 0.2) is 5.78 Å². The van der Waals surface area contributed by atoms with E-state index in [0.717, 1.165) is 25.7 Å². The fourth-order valence-corrected chi connectivity index (χ4v) is 11.4. The van der Waals surface area contributed by atoms with Crippen LogP contribution in [0.1, 0.15) is 119 Å². The molecule has 4 saturated carbocycles. The number of hydroxylamine groups is 1. The Kier molecular flexibility index (Phi) is 7.63. The van der Waals surface area contributed by atoms with Crippen molar-refractivity contribution >= 4 is 17.6 Å². The molecule has 4 N–H and O–H groups in total. The summed E-state index contributed by atoms with van der Waals surface area (Å²) in [4.78, 5) is 39.0. The highest BCUT2D eigenvalue weighted by Crippen LogP contribution is 2.74. The van der Waals surface area contributed by atoms with Crippen LogP contribution < -0.4 is 10.8 Å². The summed E-state index contributed by atoms with van der Waals surface area (Å²) >= 11 is 0. The second kappa shape index (κ2) is 10.2. The quantitative estimate of drug-likeness (QED) is 0.249. The largest absolute Gasteiger partial charge is 0.391 e. The number of aliphatic hydroxyl groups is 1. The van der Waals surface area contributed by atoms with Gasteiger partial charge in [-0.3, -0.25) is 19.6 Å². The van der Waals surface area contributed by atoms with Crippen LogP contribution in [-0.4, -0.2) is 39.6 Å². The van der Waals surface area contributed by atoms with E-state index in [4.69, 9.17) is 5.21 Å². The average Bonchev–Trinajstić information content (AvgIpc) is 2.90. The van der Waals surface area contributed by atoms with Crippen molar-refractivity contribution in [1.29, 1.82) is 0 Å². The number of aliphatic hydroxyl groups excluding tert-OH is 1. The molecule has 0 heterocycles. The van der Waals surface area contributed by atoms with Crippen molar-refractivity contribution in [3.8, 4) is 0 Å². The predicted octanol–water partition coefficient (Wildman–Crippen LogP) is 5.73. The number of rotatable bonds is 5. The third-order valence-electron chi connectivity index (χ3n) is 14.1. The lowest BCUT2D eigenvalue weighted by Gasteiger charge is -2.70. The van der Waals surface area contributed by atoms with Crippen LogP contribution in [0.5, 0.6) is 0 Å². The number of fused-ring (bicyclic) bond motifs is 7. The van der Waals surface area contributed by atoms with E-state index in [9.17, 15) is 19.5 Å². The fraction of sp³-hybridized carbons (Fsp3) is 0.853. The first-order valence-electron chi connectivity index (χ1n) is 16.3. The Morgan fingerprint density at radius 3 is 2.29 bits per heavy atom. The van der Waals surface area contributed by atoms with Crippen molar-refractivity contribution in [2.75, 3.05) is 0 Å². The molecule has 0 aliphatic heterocycles. The Labute approximate surface area is 246 Å². The van der Waals surface area contributed by atoms with Crippen molar-refractivity contribution in [3.63, 3.8) is 0 Å². The minimum atomic E-state index is -0.853. The van der Waals surface area contributed by atoms with E-state index in [1.54, 1.807) is 5.48 Å². The van der Waals surface area contributed by atoms with Gasteiger partial charge < -0.3 is 10.4 Å². The molecule has 0 spiro atoms. The molecule has 4 fully saturated rings. The Bertz CT molecular complexity index is 1140. The molecule has 0 aromatic rings. The molecule has 7 nitrogen and oxygen atoms in total. The summed E-state index contributed by atoms with van der Waals surface area (Å²) in [7, 11) is 0. The van der Waals surface area contributed by atoms with Gasteiger partial charge in [-0.1, -0.05) is 47.1 Å². The maximum Gasteiger partial charge on any atom is 0.243 e. The predicted molar refractivity (Wildman–Crippen MR) is 158 cm³/mol. The second-order valence-electron chi connectivity index (χ2n) is 16.1. The summed E-state index contributed by atoms with van der Waals surface area (Å²) in [5.74, 6) is 1.03. The van der Waals surface area contributed by atoms with Gasteiger partial charge in [0.25, 0.3) is 0 Å². The number of hydrogen-bond acceptors (Lipinski definition) is 5. The normalized spacial score (nSPS) is 49.0. The highest BCUT2D eigenvalue weighted by Gasteiger charge is 2.70. The minimum Gasteiger partial charge on any atom is -0.391 e. The van der Waals surface area contributed by atoms with Crippen molar-refractivity contribution < 1.29 is 24.7 Å². The number of hydrogen-bond donors (Lipinski definition) is 4. The number of ketones is 1. The lowest BCUT2D eigenvalue weighted by Crippen LogP contribution is -2.72. The van der Waals surface area contributed by atoms with Gasteiger partial charge in [0.2, 0.25) is 11.8 Å². The van der Waals surface area contributed by atoms with E-state index in [0.29, 0.717) is 30.6 Å². The van der Waals surface area contributed by atoms with E-state index >= 15 is 0 Å². The fourth-order valence-electron chi connectivity index (χ4n) is 11.4. The smallest absolute Gasteiger partial charge is 0.243 e. The van der Waals surface area contributed by atoms with Crippen LogP contribution in [-0.2, 0) is 14.4 Å². The first kappa shape index (κ1) is 30.7. The van der Waals surface area contributed by atoms with Crippen LogP contribution in [0.2, 0.25) is 0 Å². The maximum absolute atomic E-state index is 14.5. The molecule has 0 radical (unpaired) electrons. The van der Waals surface area contributed by atoms with Crippen LogP contribution in [0, 0.1) is 51.2 Å². The Morgan fingerprint density at radius 2 is 1.61 bits per heavy atom. The zero-order valence-electron chi connectivity index (χ0n) is 26.4. The molecule has 0 bridgehead atoms. The Hall–Kier alpha value is -1.73. The van der Waals surface area contributed by atoms with Gasteiger partial charge in [-0.2, -0.15) is 0 Å². The van der Waals surface area contributed by atoms with Gasteiger partial charge >= 0.3 is 0 Å². The number of carbonyl (C=O) groups is 3. The van der Waals surface area contributed by atoms with Crippen molar-refractivity contribution in [2.45, 2.75) is 131 Å². The third kappa shape index (κ3) is 4.38. The summed E-state index contributed by atoms with van der Waals surface area (Å²) in [6.07, 6.45) is 9.82. The molecule has 41 heavy (non-hydrogen) atoms. The van der Waals surface area contributed by atoms with Gasteiger partial charge in [-0.05, 0) is 116 Å². The summed E-state index contributed by atoms with van der Waals surface area (Å²) < 4.78 is 0. The SMILES string of the molecule is C[C@H]1[C@H](C)CC[C@]2(C)CC[C@]3(C)C(=CC(=O)[C@@H]4[C@@]5(C)CC[C@@H](O)[C@](C)(NC(=O)CCCC(=O)NO)[C@@H]5CC[C@]43C)[C@H]12. The standard InChI is InChI=1S/C34H54N2O5/c1-20-11-14-30(3)17-18-32(5)22(28(30)21(20)2)19-23(37)29-31(4)15-13-25(38)34(7,24(31)12-16-33(29,32)6)35-26(39)9-8-10-27(40)36-41/h19-21,24-25,28-29,38,41H,8-18H2,1-7H3,(H,35,39)(H,36,40)/t20-,21+,24-,25-,28+,29-,30-,31+,32-,33-,34-/m1/s1. The van der Waals surface area contributed by atoms with Gasteiger partial charge in [0, 0.05) is 18.8 Å². The molecule has 7 heteroatoms. The van der Waals surface area contributed by atoms with Crippen molar-refractivity contribution in [3.05, 3.63) is 11.6 Å². The molecule has 11 atom stereocenters. The van der Waals surface area contributed by atoms with Gasteiger partial charge in [0.05, 0.1) is 11.6 Å². The molecule has 5 aliphatic carbocycles.